The van der Waals surface area contributed by atoms with Gasteiger partial charge in [-0.3, -0.25) is 0 Å². The Morgan fingerprint density at radius 3 is 2.17 bits per heavy atom. The van der Waals surface area contributed by atoms with Crippen LogP contribution in [-0.4, -0.2) is 61.2 Å². The van der Waals surface area contributed by atoms with Gasteiger partial charge in [-0.15, -0.1) is 0 Å². The summed E-state index contributed by atoms with van der Waals surface area (Å²) in [6.45, 7) is 1.71. The van der Waals surface area contributed by atoms with Gasteiger partial charge < -0.3 is 19.8 Å². The highest BCUT2D eigenvalue weighted by Gasteiger charge is 2.25. The Morgan fingerprint density at radius 1 is 1.42 bits per heavy atom. The molecule has 0 bridgehead atoms. The molecule has 0 aromatic rings. The van der Waals surface area contributed by atoms with Crippen molar-refractivity contribution >= 4 is 0 Å². The van der Waals surface area contributed by atoms with E-state index in [9.17, 15) is 5.11 Å². The molecule has 12 heavy (non-hydrogen) atoms. The van der Waals surface area contributed by atoms with Crippen LogP contribution < -0.4 is 0 Å². The molecule has 0 aromatic heterocycles. The molecule has 0 aliphatic heterocycles. The molecule has 0 heterocycles. The Balaban J connectivity index is 4.10. The van der Waals surface area contributed by atoms with Gasteiger partial charge in [0.1, 0.15) is 0 Å². The number of nitrogens with zero attached hydrogens (tertiary/aromatic N) is 1. The van der Waals surface area contributed by atoms with E-state index in [1.807, 2.05) is 14.1 Å². The summed E-state index contributed by atoms with van der Waals surface area (Å²) < 4.78 is 4.96. The molecule has 0 rings (SSSR count). The zero-order valence-electron chi connectivity index (χ0n) is 8.19. The summed E-state index contributed by atoms with van der Waals surface area (Å²) in [6, 6.07) is -0.264. The zero-order chi connectivity index (χ0) is 9.72. The van der Waals surface area contributed by atoms with E-state index in [2.05, 4.69) is 0 Å². The molecule has 0 saturated carbocycles. The Hall–Kier alpha value is -0.160. The summed E-state index contributed by atoms with van der Waals surface area (Å²) in [4.78, 5) is 1.78. The summed E-state index contributed by atoms with van der Waals surface area (Å²) in [5.41, 5.74) is 0. The first-order chi connectivity index (χ1) is 5.54. The van der Waals surface area contributed by atoms with Crippen molar-refractivity contribution in [2.24, 2.45) is 0 Å². The molecule has 0 radical (unpaired) electrons. The monoisotopic (exact) mass is 177 g/mol. The molecule has 4 nitrogen and oxygen atoms in total. The highest BCUT2D eigenvalue weighted by atomic mass is 16.5. The van der Waals surface area contributed by atoms with Gasteiger partial charge in [0.2, 0.25) is 0 Å². The molecule has 0 aliphatic carbocycles. The third kappa shape index (κ3) is 3.06. The fourth-order valence-electron chi connectivity index (χ4n) is 1.03. The standard InChI is InChI=1S/C8H19NO3/c1-6(12-4)8(11)7(5-10)9(2)3/h6-8,10-11H,5H2,1-4H3. The van der Waals surface area contributed by atoms with Gasteiger partial charge in [0, 0.05) is 7.11 Å². The molecule has 0 amide bonds. The maximum absolute atomic E-state index is 9.62. The third-order valence-corrected chi connectivity index (χ3v) is 2.10. The van der Waals surface area contributed by atoms with Crippen LogP contribution in [0.25, 0.3) is 0 Å². The van der Waals surface area contributed by atoms with E-state index < -0.39 is 6.10 Å². The van der Waals surface area contributed by atoms with Gasteiger partial charge in [0.05, 0.1) is 24.9 Å². The van der Waals surface area contributed by atoms with Crippen LogP contribution in [0.15, 0.2) is 0 Å². The summed E-state index contributed by atoms with van der Waals surface area (Å²) in [7, 11) is 5.16. The van der Waals surface area contributed by atoms with Gasteiger partial charge >= 0.3 is 0 Å². The van der Waals surface area contributed by atoms with Crippen LogP contribution in [0.3, 0.4) is 0 Å². The van der Waals surface area contributed by atoms with Crippen molar-refractivity contribution in [1.29, 1.82) is 0 Å². The molecule has 3 unspecified atom stereocenters. The molecule has 2 N–H and O–H groups in total. The molecule has 0 fully saturated rings. The van der Waals surface area contributed by atoms with Crippen molar-refractivity contribution < 1.29 is 14.9 Å². The Morgan fingerprint density at radius 2 is 1.92 bits per heavy atom. The number of hydrogen-bond acceptors (Lipinski definition) is 4. The highest BCUT2D eigenvalue weighted by Crippen LogP contribution is 2.06. The largest absolute Gasteiger partial charge is 0.395 e. The number of aliphatic hydroxyl groups is 2. The number of rotatable bonds is 5. The van der Waals surface area contributed by atoms with E-state index in [-0.39, 0.29) is 18.8 Å². The summed E-state index contributed by atoms with van der Waals surface area (Å²) in [5.74, 6) is 0. The molecular formula is C8H19NO3. The molecule has 0 aliphatic rings. The Kier molecular flexibility index (Phi) is 5.41. The van der Waals surface area contributed by atoms with Crippen molar-refractivity contribution in [2.75, 3.05) is 27.8 Å². The van der Waals surface area contributed by atoms with Crippen LogP contribution in [-0.2, 0) is 4.74 Å². The van der Waals surface area contributed by atoms with Crippen LogP contribution in [0.2, 0.25) is 0 Å². The first kappa shape index (κ1) is 11.8. The quantitative estimate of drug-likeness (QED) is 0.583. The normalized spacial score (nSPS) is 19.2. The topological polar surface area (TPSA) is 52.9 Å². The minimum Gasteiger partial charge on any atom is -0.395 e. The van der Waals surface area contributed by atoms with Crippen molar-refractivity contribution in [1.82, 2.24) is 4.90 Å². The summed E-state index contributed by atoms with van der Waals surface area (Å²) in [6.07, 6.45) is -0.917. The van der Waals surface area contributed by atoms with Crippen LogP contribution >= 0.6 is 0 Å². The lowest BCUT2D eigenvalue weighted by molar-refractivity contribution is -0.0526. The van der Waals surface area contributed by atoms with Gasteiger partial charge in [-0.05, 0) is 21.0 Å². The number of methoxy groups -OCH3 is 1. The Labute approximate surface area is 73.8 Å². The lowest BCUT2D eigenvalue weighted by Crippen LogP contribution is -2.47. The number of hydrogen-bond donors (Lipinski definition) is 2. The van der Waals surface area contributed by atoms with Crippen molar-refractivity contribution in [2.45, 2.75) is 25.2 Å². The highest BCUT2D eigenvalue weighted by molar-refractivity contribution is 4.79. The van der Waals surface area contributed by atoms with Crippen LogP contribution in [0, 0.1) is 0 Å². The van der Waals surface area contributed by atoms with Gasteiger partial charge in [-0.1, -0.05) is 0 Å². The predicted molar refractivity (Wildman–Crippen MR) is 47.0 cm³/mol. The van der Waals surface area contributed by atoms with Crippen LogP contribution in [0.4, 0.5) is 0 Å². The lowest BCUT2D eigenvalue weighted by atomic mass is 10.1. The number of likely N-dealkylation sites (N-methyl/N-ethyl adjacent to an activating group) is 1. The van der Waals surface area contributed by atoms with E-state index >= 15 is 0 Å². The van der Waals surface area contributed by atoms with Gasteiger partial charge in [-0.25, -0.2) is 0 Å². The second-order valence-electron chi connectivity index (χ2n) is 3.14. The maximum atomic E-state index is 9.62. The molecule has 0 spiro atoms. The molecule has 0 saturated heterocycles. The van der Waals surface area contributed by atoms with Crippen LogP contribution in [0.5, 0.6) is 0 Å². The average molecular weight is 177 g/mol. The molecule has 4 heteroatoms. The minimum atomic E-state index is -0.657. The van der Waals surface area contributed by atoms with Crippen molar-refractivity contribution in [3.8, 4) is 0 Å². The molecule has 74 valence electrons. The molecule has 3 atom stereocenters. The maximum Gasteiger partial charge on any atom is 0.0975 e. The fraction of sp³-hybridized carbons (Fsp3) is 1.00. The second-order valence-corrected chi connectivity index (χ2v) is 3.14. The van der Waals surface area contributed by atoms with E-state index in [1.165, 1.54) is 7.11 Å². The lowest BCUT2D eigenvalue weighted by Gasteiger charge is -2.30. The number of aliphatic hydroxyl groups excluding tert-OH is 2. The first-order valence-corrected chi connectivity index (χ1v) is 4.02. The van der Waals surface area contributed by atoms with Crippen molar-refractivity contribution in [3.63, 3.8) is 0 Å². The SMILES string of the molecule is COC(C)C(O)C(CO)N(C)C. The fourth-order valence-corrected chi connectivity index (χ4v) is 1.03. The van der Waals surface area contributed by atoms with Crippen LogP contribution in [0.1, 0.15) is 6.92 Å². The zero-order valence-corrected chi connectivity index (χ0v) is 8.19. The second kappa shape index (κ2) is 5.48. The predicted octanol–water partition coefficient (Wildman–Crippen LogP) is -0.695. The summed E-state index contributed by atoms with van der Waals surface area (Å²) >= 11 is 0. The first-order valence-electron chi connectivity index (χ1n) is 4.02. The number of ether oxygens (including phenoxy) is 1. The Bertz CT molecular complexity index is 119. The van der Waals surface area contributed by atoms with E-state index in [0.717, 1.165) is 0 Å². The van der Waals surface area contributed by atoms with Gasteiger partial charge in [0.15, 0.2) is 0 Å². The minimum absolute atomic E-state index is 0.0676. The summed E-state index contributed by atoms with van der Waals surface area (Å²) in [5, 5.41) is 18.6. The van der Waals surface area contributed by atoms with Crippen molar-refractivity contribution in [3.05, 3.63) is 0 Å². The van der Waals surface area contributed by atoms with E-state index in [1.54, 1.807) is 11.8 Å². The van der Waals surface area contributed by atoms with E-state index in [4.69, 9.17) is 9.84 Å². The molecular weight excluding hydrogens is 158 g/mol. The van der Waals surface area contributed by atoms with E-state index in [0.29, 0.717) is 0 Å². The smallest absolute Gasteiger partial charge is 0.0975 e. The molecule has 0 aromatic carbocycles. The van der Waals surface area contributed by atoms with Gasteiger partial charge in [0.25, 0.3) is 0 Å². The average Bonchev–Trinajstić information content (AvgIpc) is 2.03. The third-order valence-electron chi connectivity index (χ3n) is 2.10. The van der Waals surface area contributed by atoms with Gasteiger partial charge in [-0.2, -0.15) is 0 Å².